The molecule has 1 aliphatic rings. The van der Waals surface area contributed by atoms with Crippen molar-refractivity contribution in [3.63, 3.8) is 0 Å². The molecular formula is C14H19N3O3S2. The summed E-state index contributed by atoms with van der Waals surface area (Å²) in [6, 6.07) is 1.75. The molecule has 3 rings (SSSR count). The Labute approximate surface area is 134 Å². The normalized spacial score (nSPS) is 20.4. The van der Waals surface area contributed by atoms with Crippen molar-refractivity contribution in [2.24, 2.45) is 7.05 Å². The number of aryl methyl sites for hydroxylation is 3. The van der Waals surface area contributed by atoms with E-state index in [1.54, 1.807) is 16.9 Å². The molecule has 8 heteroatoms. The van der Waals surface area contributed by atoms with Crippen LogP contribution in [0.2, 0.25) is 0 Å². The van der Waals surface area contributed by atoms with Crippen LogP contribution in [0.1, 0.15) is 21.4 Å². The van der Waals surface area contributed by atoms with E-state index >= 15 is 0 Å². The minimum atomic E-state index is -3.47. The zero-order valence-electron chi connectivity index (χ0n) is 12.8. The number of sulfonamides is 1. The van der Waals surface area contributed by atoms with E-state index < -0.39 is 10.0 Å². The third kappa shape index (κ3) is 2.83. The number of ether oxygens (including phenoxy) is 1. The molecule has 1 fully saturated rings. The van der Waals surface area contributed by atoms with Gasteiger partial charge in [0.2, 0.25) is 10.0 Å². The van der Waals surface area contributed by atoms with Gasteiger partial charge in [-0.15, -0.1) is 11.3 Å². The zero-order chi connectivity index (χ0) is 15.9. The molecule has 3 heterocycles. The number of rotatable bonds is 3. The highest BCUT2D eigenvalue weighted by molar-refractivity contribution is 7.89. The van der Waals surface area contributed by atoms with Crippen LogP contribution in [0.25, 0.3) is 0 Å². The van der Waals surface area contributed by atoms with E-state index in [1.807, 2.05) is 27.1 Å². The van der Waals surface area contributed by atoms with Gasteiger partial charge in [0.25, 0.3) is 0 Å². The molecule has 0 radical (unpaired) electrons. The smallest absolute Gasteiger partial charge is 0.244 e. The second-order valence-electron chi connectivity index (χ2n) is 5.45. The van der Waals surface area contributed by atoms with Crippen LogP contribution in [0.4, 0.5) is 0 Å². The zero-order valence-corrected chi connectivity index (χ0v) is 14.4. The van der Waals surface area contributed by atoms with Crippen molar-refractivity contribution in [1.82, 2.24) is 14.1 Å². The lowest BCUT2D eigenvalue weighted by molar-refractivity contribution is -0.00259. The van der Waals surface area contributed by atoms with Crippen LogP contribution < -0.4 is 0 Å². The van der Waals surface area contributed by atoms with Gasteiger partial charge in [0, 0.05) is 41.7 Å². The third-order valence-electron chi connectivity index (χ3n) is 3.74. The lowest BCUT2D eigenvalue weighted by Crippen LogP contribution is -2.42. The molecule has 1 aliphatic heterocycles. The molecule has 0 bridgehead atoms. The van der Waals surface area contributed by atoms with Crippen LogP contribution in [0.3, 0.4) is 0 Å². The van der Waals surface area contributed by atoms with E-state index in [0.29, 0.717) is 24.6 Å². The summed E-state index contributed by atoms with van der Waals surface area (Å²) >= 11 is 1.51. The van der Waals surface area contributed by atoms with E-state index in [4.69, 9.17) is 4.74 Å². The van der Waals surface area contributed by atoms with Crippen LogP contribution in [0, 0.1) is 13.8 Å². The highest BCUT2D eigenvalue weighted by Gasteiger charge is 2.33. The highest BCUT2D eigenvalue weighted by Crippen LogP contribution is 2.31. The molecule has 2 aromatic rings. The molecule has 0 unspecified atom stereocenters. The van der Waals surface area contributed by atoms with Crippen LogP contribution in [-0.2, 0) is 21.8 Å². The first kappa shape index (κ1) is 15.7. The van der Waals surface area contributed by atoms with Crippen LogP contribution in [-0.4, -0.2) is 42.2 Å². The Morgan fingerprint density at radius 1 is 1.41 bits per heavy atom. The highest BCUT2D eigenvalue weighted by atomic mass is 32.2. The van der Waals surface area contributed by atoms with E-state index in [2.05, 4.69) is 5.10 Å². The molecule has 22 heavy (non-hydrogen) atoms. The summed E-state index contributed by atoms with van der Waals surface area (Å²) in [5.41, 5.74) is 0.903. The van der Waals surface area contributed by atoms with Gasteiger partial charge < -0.3 is 4.74 Å². The molecule has 0 saturated carbocycles. The van der Waals surface area contributed by atoms with Gasteiger partial charge in [-0.3, -0.25) is 4.68 Å². The lowest BCUT2D eigenvalue weighted by Gasteiger charge is -2.31. The predicted molar refractivity (Wildman–Crippen MR) is 84.5 cm³/mol. The summed E-state index contributed by atoms with van der Waals surface area (Å²) in [6.07, 6.45) is 3.32. The van der Waals surface area contributed by atoms with Gasteiger partial charge in [-0.25, -0.2) is 8.42 Å². The van der Waals surface area contributed by atoms with Gasteiger partial charge in [0.15, 0.2) is 0 Å². The molecule has 1 saturated heterocycles. The fraction of sp³-hybridized carbons (Fsp3) is 0.500. The molecule has 0 amide bonds. The van der Waals surface area contributed by atoms with E-state index in [0.717, 1.165) is 15.3 Å². The van der Waals surface area contributed by atoms with Crippen molar-refractivity contribution in [3.05, 3.63) is 33.8 Å². The fourth-order valence-electron chi connectivity index (χ4n) is 2.65. The first-order valence-electron chi connectivity index (χ1n) is 7.05. The summed E-state index contributed by atoms with van der Waals surface area (Å²) in [6.45, 7) is 4.87. The molecule has 0 aromatic carbocycles. The molecule has 0 aliphatic carbocycles. The number of aromatic nitrogens is 2. The maximum atomic E-state index is 12.9. The second-order valence-corrected chi connectivity index (χ2v) is 8.81. The Bertz CT molecular complexity index is 779. The number of nitrogens with zero attached hydrogens (tertiary/aromatic N) is 3. The molecule has 2 aromatic heterocycles. The van der Waals surface area contributed by atoms with Crippen molar-refractivity contribution in [2.75, 3.05) is 19.7 Å². The molecule has 1 atom stereocenters. The lowest BCUT2D eigenvalue weighted by atomic mass is 10.2. The minimum absolute atomic E-state index is 0.266. The number of morpholine rings is 1. The fourth-order valence-corrected chi connectivity index (χ4v) is 5.60. The molecule has 0 N–H and O–H groups in total. The topological polar surface area (TPSA) is 64.4 Å². The van der Waals surface area contributed by atoms with Gasteiger partial charge >= 0.3 is 0 Å². The van der Waals surface area contributed by atoms with Gasteiger partial charge in [0.1, 0.15) is 0 Å². The number of hydrogen-bond donors (Lipinski definition) is 0. The predicted octanol–water partition coefficient (Wildman–Crippen LogP) is 1.86. The monoisotopic (exact) mass is 341 g/mol. The standard InChI is InChI=1S/C14H19N3O3S2/c1-10-6-14(11(2)21-10)22(18,19)17-4-5-20-13(9-17)12-7-15-16(3)8-12/h6-8,13H,4-5,9H2,1-3H3/t13-/m0/s1. The molecular weight excluding hydrogens is 322 g/mol. The molecule has 0 spiro atoms. The minimum Gasteiger partial charge on any atom is -0.371 e. The van der Waals surface area contributed by atoms with E-state index in [9.17, 15) is 8.42 Å². The quantitative estimate of drug-likeness (QED) is 0.855. The van der Waals surface area contributed by atoms with Gasteiger partial charge in [-0.05, 0) is 19.9 Å². The Morgan fingerprint density at radius 3 is 2.77 bits per heavy atom. The Balaban J connectivity index is 1.86. The first-order chi connectivity index (χ1) is 10.4. The Hall–Kier alpha value is -1.22. The Kier molecular flexibility index (Phi) is 4.11. The van der Waals surface area contributed by atoms with Crippen molar-refractivity contribution in [3.8, 4) is 0 Å². The molecule has 120 valence electrons. The average molecular weight is 341 g/mol. The van der Waals surface area contributed by atoms with Gasteiger partial charge in [-0.2, -0.15) is 9.40 Å². The maximum absolute atomic E-state index is 12.9. The second kappa shape index (κ2) is 5.77. The van der Waals surface area contributed by atoms with Crippen molar-refractivity contribution < 1.29 is 13.2 Å². The summed E-state index contributed by atoms with van der Waals surface area (Å²) in [5.74, 6) is 0. The summed E-state index contributed by atoms with van der Waals surface area (Å²) in [5, 5.41) is 4.13. The Morgan fingerprint density at radius 2 is 2.18 bits per heavy atom. The molecule has 6 nitrogen and oxygen atoms in total. The van der Waals surface area contributed by atoms with E-state index in [1.165, 1.54) is 15.6 Å². The van der Waals surface area contributed by atoms with Crippen LogP contribution >= 0.6 is 11.3 Å². The van der Waals surface area contributed by atoms with Crippen LogP contribution in [0.15, 0.2) is 23.4 Å². The summed E-state index contributed by atoms with van der Waals surface area (Å²) in [7, 11) is -1.64. The van der Waals surface area contributed by atoms with Gasteiger partial charge in [-0.1, -0.05) is 0 Å². The van der Waals surface area contributed by atoms with Crippen molar-refractivity contribution in [1.29, 1.82) is 0 Å². The van der Waals surface area contributed by atoms with Crippen LogP contribution in [0.5, 0.6) is 0 Å². The largest absolute Gasteiger partial charge is 0.371 e. The number of thiophene rings is 1. The van der Waals surface area contributed by atoms with Gasteiger partial charge in [0.05, 0.1) is 23.8 Å². The summed E-state index contributed by atoms with van der Waals surface area (Å²) < 4.78 is 34.6. The first-order valence-corrected chi connectivity index (χ1v) is 9.31. The van der Waals surface area contributed by atoms with E-state index in [-0.39, 0.29) is 6.10 Å². The summed E-state index contributed by atoms with van der Waals surface area (Å²) in [4.78, 5) is 2.26. The van der Waals surface area contributed by atoms with Crippen molar-refractivity contribution in [2.45, 2.75) is 24.8 Å². The maximum Gasteiger partial charge on any atom is 0.244 e. The number of hydrogen-bond acceptors (Lipinski definition) is 5. The SMILES string of the molecule is Cc1cc(S(=O)(=O)N2CCO[C@H](c3cnn(C)c3)C2)c(C)s1. The third-order valence-corrected chi connectivity index (χ3v) is 6.83. The average Bonchev–Trinajstić information content (AvgIpc) is 3.05. The van der Waals surface area contributed by atoms with Crippen molar-refractivity contribution >= 4 is 21.4 Å².